The lowest BCUT2D eigenvalue weighted by Crippen LogP contribution is -2.43. The number of fused-ring (bicyclic) bond motifs is 1. The molecule has 0 unspecified atom stereocenters. The molecule has 0 atom stereocenters. The second kappa shape index (κ2) is 8.60. The molecule has 1 saturated heterocycles. The third kappa shape index (κ3) is 4.35. The van der Waals surface area contributed by atoms with Crippen molar-refractivity contribution in [2.45, 2.75) is 25.7 Å². The Morgan fingerprint density at radius 2 is 1.88 bits per heavy atom. The van der Waals surface area contributed by atoms with Crippen molar-refractivity contribution < 1.29 is 14.6 Å². The molecular formula is C19H28N2O3. The maximum Gasteiger partial charge on any atom is 0.253 e. The highest BCUT2D eigenvalue weighted by atomic mass is 16.5. The molecule has 0 saturated carbocycles. The molecule has 3 rings (SSSR count). The lowest BCUT2D eigenvalue weighted by Gasteiger charge is -2.30. The Morgan fingerprint density at radius 1 is 1.12 bits per heavy atom. The molecule has 24 heavy (non-hydrogen) atoms. The molecule has 0 spiro atoms. The lowest BCUT2D eigenvalue weighted by molar-refractivity contribution is 0.0315. The highest BCUT2D eigenvalue weighted by Gasteiger charge is 2.19. The van der Waals surface area contributed by atoms with Crippen LogP contribution in [0.1, 0.15) is 34.3 Å². The maximum absolute atomic E-state index is 12.9. The highest BCUT2D eigenvalue weighted by Crippen LogP contribution is 2.22. The Kier molecular flexibility index (Phi) is 6.24. The first-order valence-corrected chi connectivity index (χ1v) is 9.10. The molecule has 1 aromatic rings. The van der Waals surface area contributed by atoms with Crippen LogP contribution in [0.15, 0.2) is 18.2 Å². The number of carbonyl (C=O) groups is 1. The third-order valence-electron chi connectivity index (χ3n) is 5.04. The van der Waals surface area contributed by atoms with E-state index in [1.165, 1.54) is 24.0 Å². The zero-order chi connectivity index (χ0) is 16.8. The van der Waals surface area contributed by atoms with Gasteiger partial charge in [0.1, 0.15) is 0 Å². The van der Waals surface area contributed by atoms with Crippen molar-refractivity contribution in [3.63, 3.8) is 0 Å². The molecule has 0 aromatic heterocycles. The Hall–Kier alpha value is -1.43. The highest BCUT2D eigenvalue weighted by molar-refractivity contribution is 5.94. The standard InChI is InChI=1S/C19H28N2O3/c22-12-9-21(8-7-20-10-13-24-14-11-20)19(23)18-6-5-16-3-1-2-4-17(16)15-18/h5-6,15,22H,1-4,7-14H2. The van der Waals surface area contributed by atoms with Gasteiger partial charge in [-0.15, -0.1) is 0 Å². The molecule has 1 aromatic carbocycles. The number of morpholine rings is 1. The summed E-state index contributed by atoms with van der Waals surface area (Å²) in [6, 6.07) is 6.13. The summed E-state index contributed by atoms with van der Waals surface area (Å²) in [4.78, 5) is 17.0. The first-order valence-electron chi connectivity index (χ1n) is 9.10. The molecular weight excluding hydrogens is 304 g/mol. The quantitative estimate of drug-likeness (QED) is 0.854. The number of rotatable bonds is 6. The van der Waals surface area contributed by atoms with Crippen molar-refractivity contribution in [2.75, 3.05) is 52.5 Å². The Morgan fingerprint density at radius 3 is 2.62 bits per heavy atom. The molecule has 132 valence electrons. The lowest BCUT2D eigenvalue weighted by atomic mass is 9.90. The minimum Gasteiger partial charge on any atom is -0.395 e. The number of aliphatic hydroxyl groups excluding tert-OH is 1. The van der Waals surface area contributed by atoms with E-state index in [1.807, 2.05) is 6.07 Å². The zero-order valence-electron chi connectivity index (χ0n) is 14.4. The van der Waals surface area contributed by atoms with Gasteiger partial charge < -0.3 is 14.7 Å². The molecule has 1 heterocycles. The molecule has 1 fully saturated rings. The summed E-state index contributed by atoms with van der Waals surface area (Å²) < 4.78 is 5.36. The third-order valence-corrected chi connectivity index (χ3v) is 5.04. The van der Waals surface area contributed by atoms with Crippen LogP contribution in [0.3, 0.4) is 0 Å². The molecule has 1 amide bonds. The zero-order valence-corrected chi connectivity index (χ0v) is 14.4. The van der Waals surface area contributed by atoms with E-state index >= 15 is 0 Å². The summed E-state index contributed by atoms with van der Waals surface area (Å²) in [6.45, 7) is 5.23. The van der Waals surface area contributed by atoms with Gasteiger partial charge in [0.2, 0.25) is 0 Å². The van der Waals surface area contributed by atoms with Crippen LogP contribution in [0, 0.1) is 0 Å². The average Bonchev–Trinajstić information content (AvgIpc) is 2.65. The van der Waals surface area contributed by atoms with Crippen molar-refractivity contribution in [2.24, 2.45) is 0 Å². The molecule has 5 heteroatoms. The Bertz CT molecular complexity index is 556. The van der Waals surface area contributed by atoms with Crippen molar-refractivity contribution in [1.82, 2.24) is 9.80 Å². The van der Waals surface area contributed by atoms with Crippen LogP contribution in [0.4, 0.5) is 0 Å². The number of hydrogen-bond acceptors (Lipinski definition) is 4. The van der Waals surface area contributed by atoms with Gasteiger partial charge in [-0.05, 0) is 48.9 Å². The van der Waals surface area contributed by atoms with E-state index in [2.05, 4.69) is 17.0 Å². The molecule has 1 N–H and O–H groups in total. The summed E-state index contributed by atoms with van der Waals surface area (Å²) in [7, 11) is 0. The summed E-state index contributed by atoms with van der Waals surface area (Å²) in [5.74, 6) is 0.0330. The van der Waals surface area contributed by atoms with Crippen LogP contribution < -0.4 is 0 Å². The van der Waals surface area contributed by atoms with Gasteiger partial charge in [0.15, 0.2) is 0 Å². The smallest absolute Gasteiger partial charge is 0.253 e. The minimum atomic E-state index is -0.000207. The number of aliphatic hydroxyl groups is 1. The van der Waals surface area contributed by atoms with E-state index in [1.54, 1.807) is 4.90 Å². The second-order valence-corrected chi connectivity index (χ2v) is 6.66. The summed E-state index contributed by atoms with van der Waals surface area (Å²) in [5.41, 5.74) is 3.47. The number of hydrogen-bond donors (Lipinski definition) is 1. The van der Waals surface area contributed by atoms with Gasteiger partial charge in [0.25, 0.3) is 5.91 Å². The normalized spacial score (nSPS) is 18.2. The Labute approximate surface area is 144 Å². The van der Waals surface area contributed by atoms with Gasteiger partial charge in [0.05, 0.1) is 19.8 Å². The molecule has 0 radical (unpaired) electrons. The fourth-order valence-electron chi connectivity index (χ4n) is 3.57. The van der Waals surface area contributed by atoms with Crippen LogP contribution in [0.2, 0.25) is 0 Å². The largest absolute Gasteiger partial charge is 0.395 e. The average molecular weight is 332 g/mol. The SMILES string of the molecule is O=C(c1ccc2c(c1)CCCC2)N(CCO)CCN1CCOCC1. The van der Waals surface area contributed by atoms with Gasteiger partial charge in [-0.1, -0.05) is 6.07 Å². The van der Waals surface area contributed by atoms with Crippen LogP contribution in [-0.4, -0.2) is 73.4 Å². The van der Waals surface area contributed by atoms with E-state index in [0.29, 0.717) is 13.1 Å². The minimum absolute atomic E-state index is 0.000207. The van der Waals surface area contributed by atoms with E-state index < -0.39 is 0 Å². The summed E-state index contributed by atoms with van der Waals surface area (Å²) in [6.07, 6.45) is 4.66. The molecule has 0 bridgehead atoms. The maximum atomic E-state index is 12.9. The predicted octanol–water partition coefficient (Wildman–Crippen LogP) is 1.33. The number of carbonyl (C=O) groups excluding carboxylic acids is 1. The molecule has 1 aliphatic heterocycles. The van der Waals surface area contributed by atoms with E-state index in [-0.39, 0.29) is 12.5 Å². The first kappa shape index (κ1) is 17.4. The summed E-state index contributed by atoms with van der Waals surface area (Å²) >= 11 is 0. The predicted molar refractivity (Wildman–Crippen MR) is 93.3 cm³/mol. The van der Waals surface area contributed by atoms with Crippen molar-refractivity contribution in [3.05, 3.63) is 34.9 Å². The fourth-order valence-corrected chi connectivity index (χ4v) is 3.57. The topological polar surface area (TPSA) is 53.0 Å². The fraction of sp³-hybridized carbons (Fsp3) is 0.632. The van der Waals surface area contributed by atoms with Gasteiger partial charge in [-0.2, -0.15) is 0 Å². The van der Waals surface area contributed by atoms with Gasteiger partial charge in [0, 0.05) is 38.3 Å². The summed E-state index contributed by atoms with van der Waals surface area (Å²) in [5, 5.41) is 9.33. The number of benzene rings is 1. The van der Waals surface area contributed by atoms with Crippen molar-refractivity contribution in [3.8, 4) is 0 Å². The van der Waals surface area contributed by atoms with E-state index in [9.17, 15) is 9.90 Å². The van der Waals surface area contributed by atoms with Crippen molar-refractivity contribution in [1.29, 1.82) is 0 Å². The number of aryl methyl sites for hydroxylation is 2. The van der Waals surface area contributed by atoms with Crippen LogP contribution in [0.25, 0.3) is 0 Å². The second-order valence-electron chi connectivity index (χ2n) is 6.66. The van der Waals surface area contributed by atoms with Crippen LogP contribution in [0.5, 0.6) is 0 Å². The Balaban J connectivity index is 1.64. The molecule has 1 aliphatic carbocycles. The van der Waals surface area contributed by atoms with Crippen LogP contribution >= 0.6 is 0 Å². The monoisotopic (exact) mass is 332 g/mol. The van der Waals surface area contributed by atoms with Gasteiger partial charge in [-0.25, -0.2) is 0 Å². The first-order chi connectivity index (χ1) is 11.8. The molecule has 2 aliphatic rings. The number of nitrogens with zero attached hydrogens (tertiary/aromatic N) is 2. The van der Waals surface area contributed by atoms with Crippen molar-refractivity contribution >= 4 is 5.91 Å². The number of ether oxygens (including phenoxy) is 1. The van der Waals surface area contributed by atoms with Gasteiger partial charge >= 0.3 is 0 Å². The van der Waals surface area contributed by atoms with Crippen LogP contribution in [-0.2, 0) is 17.6 Å². The van der Waals surface area contributed by atoms with E-state index in [0.717, 1.165) is 51.3 Å². The number of amides is 1. The van der Waals surface area contributed by atoms with E-state index in [4.69, 9.17) is 4.74 Å². The van der Waals surface area contributed by atoms with Gasteiger partial charge in [-0.3, -0.25) is 9.69 Å². The molecule has 5 nitrogen and oxygen atoms in total.